The Morgan fingerprint density at radius 2 is 1.68 bits per heavy atom. The summed E-state index contributed by atoms with van der Waals surface area (Å²) in [6, 6.07) is 14.9. The van der Waals surface area contributed by atoms with Gasteiger partial charge in [0.15, 0.2) is 0 Å². The molecule has 0 spiro atoms. The molecule has 5 atom stereocenters. The number of benzene rings is 2. The summed E-state index contributed by atoms with van der Waals surface area (Å²) >= 11 is 0. The summed E-state index contributed by atoms with van der Waals surface area (Å²) in [5.74, 6) is -2.35. The minimum Gasteiger partial charge on any atom is -0.394 e. The monoisotopic (exact) mass is 443 g/mol. The van der Waals surface area contributed by atoms with Crippen molar-refractivity contribution in [2.75, 3.05) is 6.61 Å². The fourth-order valence-electron chi connectivity index (χ4n) is 3.81. The lowest BCUT2D eigenvalue weighted by molar-refractivity contribution is -0.357. The maximum atomic E-state index is 11.0. The predicted octanol–water partition coefficient (Wildman–Crippen LogP) is 0.313. The molecule has 0 bridgehead atoms. The first-order valence-electron chi connectivity index (χ1n) is 10.2. The van der Waals surface area contributed by atoms with Gasteiger partial charge in [-0.15, -0.1) is 0 Å². The molecule has 2 aromatic rings. The third kappa shape index (κ3) is 4.59. The molecule has 31 heavy (non-hydrogen) atoms. The van der Waals surface area contributed by atoms with Crippen LogP contribution in [0.1, 0.15) is 22.3 Å². The Morgan fingerprint density at radius 3 is 2.23 bits per heavy atom. The van der Waals surface area contributed by atoms with Gasteiger partial charge in [0.05, 0.1) is 26.3 Å². The minimum atomic E-state index is -2.35. The maximum absolute atomic E-state index is 11.0. The van der Waals surface area contributed by atoms with Crippen molar-refractivity contribution in [1.29, 1.82) is 5.26 Å². The van der Waals surface area contributed by atoms with Crippen LogP contribution >= 0.6 is 0 Å². The van der Waals surface area contributed by atoms with Crippen molar-refractivity contribution in [3.05, 3.63) is 64.7 Å². The minimum absolute atomic E-state index is 0.122. The number of aliphatic hydroxyl groups is 5. The first kappa shape index (κ1) is 23.6. The highest BCUT2D eigenvalue weighted by Crippen LogP contribution is 2.37. The number of aliphatic hydroxyl groups excluding tert-OH is 4. The molecule has 1 fully saturated rings. The smallest absolute Gasteiger partial charge is 0.222 e. The van der Waals surface area contributed by atoms with Crippen LogP contribution in [0.25, 0.3) is 0 Å². The number of nitrogens with zero attached hydrogens (tertiary/aromatic N) is 1. The highest BCUT2D eigenvalue weighted by atomic mass is 28.3. The average Bonchev–Trinajstić information content (AvgIpc) is 2.74. The normalized spacial score (nSPS) is 28.9. The molecule has 0 radical (unpaired) electrons. The number of rotatable bonds is 5. The molecule has 0 saturated carbocycles. The fraction of sp³-hybridized carbons (Fsp3) is 0.435. The molecule has 1 aliphatic heterocycles. The van der Waals surface area contributed by atoms with Crippen molar-refractivity contribution in [2.45, 2.75) is 56.3 Å². The zero-order valence-corrected chi connectivity index (χ0v) is 18.9. The molecule has 7 nitrogen and oxygen atoms in total. The quantitative estimate of drug-likeness (QED) is 0.420. The summed E-state index contributed by atoms with van der Waals surface area (Å²) in [6.07, 6.45) is -5.98. The lowest BCUT2D eigenvalue weighted by atomic mass is 9.86. The van der Waals surface area contributed by atoms with Gasteiger partial charge in [0.2, 0.25) is 5.79 Å². The Kier molecular flexibility index (Phi) is 6.69. The predicted molar refractivity (Wildman–Crippen MR) is 117 cm³/mol. The maximum Gasteiger partial charge on any atom is 0.222 e. The summed E-state index contributed by atoms with van der Waals surface area (Å²) < 4.78 is 5.40. The van der Waals surface area contributed by atoms with E-state index >= 15 is 0 Å². The molecule has 1 saturated heterocycles. The Hall–Kier alpha value is -2.09. The first-order valence-corrected chi connectivity index (χ1v) is 13.7. The highest BCUT2D eigenvalue weighted by Gasteiger charge is 2.53. The Labute approximate surface area is 182 Å². The van der Waals surface area contributed by atoms with Crippen LogP contribution in [0.3, 0.4) is 0 Å². The van der Waals surface area contributed by atoms with Crippen molar-refractivity contribution in [2.24, 2.45) is 0 Å². The second-order valence-corrected chi connectivity index (χ2v) is 14.1. The van der Waals surface area contributed by atoms with E-state index < -0.39 is 44.9 Å². The Balaban J connectivity index is 1.96. The molecule has 3 rings (SSSR count). The molecular weight excluding hydrogens is 414 g/mol. The van der Waals surface area contributed by atoms with E-state index in [1.54, 1.807) is 6.07 Å². The lowest BCUT2D eigenvalue weighted by Gasteiger charge is -2.45. The fourth-order valence-corrected chi connectivity index (χ4v) is 4.97. The third-order valence-electron chi connectivity index (χ3n) is 5.82. The largest absolute Gasteiger partial charge is 0.394 e. The van der Waals surface area contributed by atoms with Crippen molar-refractivity contribution >= 4 is 13.3 Å². The number of hydrogen-bond acceptors (Lipinski definition) is 7. The van der Waals surface area contributed by atoms with E-state index in [0.29, 0.717) is 17.5 Å². The van der Waals surface area contributed by atoms with E-state index in [9.17, 15) is 30.8 Å². The molecule has 0 aromatic heterocycles. The summed E-state index contributed by atoms with van der Waals surface area (Å²) in [5, 5.41) is 61.8. The summed E-state index contributed by atoms with van der Waals surface area (Å²) in [7, 11) is -1.43. The number of hydrogen-bond donors (Lipinski definition) is 5. The standard InChI is InChI=1S/C23H29NO6Si/c1-31(2,3)18-8-4-14(5-9-18)10-16-11-17(7-6-15(16)12-24)23(29)22(28)21(27)20(26)19(13-25)30-23/h4-9,11,19-22,25-29H,10,13H2,1-3H3/t19-,20-,21+,22-,23-/m1/s1. The van der Waals surface area contributed by atoms with Crippen molar-refractivity contribution < 1.29 is 30.3 Å². The number of nitriles is 1. The molecule has 0 amide bonds. The van der Waals surface area contributed by atoms with Gasteiger partial charge in [-0.25, -0.2) is 0 Å². The van der Waals surface area contributed by atoms with Crippen molar-refractivity contribution in [1.82, 2.24) is 0 Å². The summed E-state index contributed by atoms with van der Waals surface area (Å²) in [6.45, 7) is 6.14. The van der Waals surface area contributed by atoms with Crippen LogP contribution in [0.15, 0.2) is 42.5 Å². The molecule has 1 heterocycles. The van der Waals surface area contributed by atoms with E-state index in [1.807, 2.05) is 12.1 Å². The SMILES string of the molecule is C[Si](C)(C)c1ccc(Cc2cc([C@@]3(O)O[C@H](CO)[C@@H](O)[C@H](O)[C@H]3O)ccc2C#N)cc1. The Morgan fingerprint density at radius 1 is 1.03 bits per heavy atom. The van der Waals surface area contributed by atoms with E-state index in [1.165, 1.54) is 17.3 Å². The van der Waals surface area contributed by atoms with E-state index in [2.05, 4.69) is 37.8 Å². The molecule has 5 N–H and O–H groups in total. The second kappa shape index (κ2) is 8.80. The van der Waals surface area contributed by atoms with Gasteiger partial charge in [-0.3, -0.25) is 0 Å². The zero-order chi connectivity index (χ0) is 23.0. The average molecular weight is 444 g/mol. The van der Waals surface area contributed by atoms with Crippen LogP contribution in [0, 0.1) is 11.3 Å². The van der Waals surface area contributed by atoms with Gasteiger partial charge < -0.3 is 30.3 Å². The van der Waals surface area contributed by atoms with Crippen LogP contribution < -0.4 is 5.19 Å². The van der Waals surface area contributed by atoms with Gasteiger partial charge in [0.25, 0.3) is 0 Å². The zero-order valence-electron chi connectivity index (χ0n) is 17.9. The highest BCUT2D eigenvalue weighted by molar-refractivity contribution is 6.88. The lowest BCUT2D eigenvalue weighted by Crippen LogP contribution is -2.63. The van der Waals surface area contributed by atoms with E-state index in [-0.39, 0.29) is 5.56 Å². The summed E-state index contributed by atoms with van der Waals surface area (Å²) in [4.78, 5) is 0. The van der Waals surface area contributed by atoms with Crippen LogP contribution in [0.4, 0.5) is 0 Å². The van der Waals surface area contributed by atoms with Gasteiger partial charge in [0.1, 0.15) is 24.4 Å². The van der Waals surface area contributed by atoms with E-state index in [4.69, 9.17) is 4.74 Å². The van der Waals surface area contributed by atoms with Crippen LogP contribution in [-0.4, -0.2) is 64.6 Å². The van der Waals surface area contributed by atoms with Crippen molar-refractivity contribution in [3.63, 3.8) is 0 Å². The van der Waals surface area contributed by atoms with Gasteiger partial charge in [-0.1, -0.05) is 55.2 Å². The Bertz CT molecular complexity index is 966. The van der Waals surface area contributed by atoms with Crippen LogP contribution in [0.2, 0.25) is 19.6 Å². The summed E-state index contributed by atoms with van der Waals surface area (Å²) in [5.41, 5.74) is 2.13. The molecule has 0 aliphatic carbocycles. The molecule has 8 heteroatoms. The van der Waals surface area contributed by atoms with Crippen LogP contribution in [0.5, 0.6) is 0 Å². The molecule has 2 aromatic carbocycles. The number of ether oxygens (including phenoxy) is 1. The van der Waals surface area contributed by atoms with Gasteiger partial charge >= 0.3 is 0 Å². The molecule has 1 aliphatic rings. The van der Waals surface area contributed by atoms with Crippen LogP contribution in [-0.2, 0) is 16.9 Å². The molecular formula is C23H29NO6Si. The van der Waals surface area contributed by atoms with E-state index in [0.717, 1.165) is 5.56 Å². The molecule has 166 valence electrons. The van der Waals surface area contributed by atoms with Gasteiger partial charge in [0, 0.05) is 5.56 Å². The third-order valence-corrected chi connectivity index (χ3v) is 7.89. The van der Waals surface area contributed by atoms with Crippen molar-refractivity contribution in [3.8, 4) is 6.07 Å². The molecule has 0 unspecified atom stereocenters. The topological polar surface area (TPSA) is 134 Å². The van der Waals surface area contributed by atoms with Gasteiger partial charge in [-0.2, -0.15) is 5.26 Å². The first-order chi connectivity index (χ1) is 14.5. The second-order valence-electron chi connectivity index (χ2n) is 9.07. The van der Waals surface area contributed by atoms with Gasteiger partial charge in [-0.05, 0) is 29.7 Å².